The van der Waals surface area contributed by atoms with E-state index in [-0.39, 0.29) is 12.4 Å². The first-order valence-corrected chi connectivity index (χ1v) is 6.97. The number of nitrogens with one attached hydrogen (secondary N) is 1. The Morgan fingerprint density at radius 1 is 1.25 bits per heavy atom. The van der Waals surface area contributed by atoms with Gasteiger partial charge in [0, 0.05) is 5.56 Å². The van der Waals surface area contributed by atoms with Gasteiger partial charge in [0.1, 0.15) is 0 Å². The lowest BCUT2D eigenvalue weighted by Crippen LogP contribution is -2.16. The minimum atomic E-state index is 0. The van der Waals surface area contributed by atoms with E-state index in [4.69, 9.17) is 4.52 Å². The molecule has 1 heterocycles. The van der Waals surface area contributed by atoms with Gasteiger partial charge in [0.05, 0.1) is 6.54 Å². The van der Waals surface area contributed by atoms with Crippen LogP contribution in [0.3, 0.4) is 0 Å². The van der Waals surface area contributed by atoms with Crippen LogP contribution in [-0.4, -0.2) is 16.7 Å². The molecule has 0 spiro atoms. The lowest BCUT2D eigenvalue weighted by atomic mass is 10.1. The fourth-order valence-electron chi connectivity index (χ4n) is 2.04. The van der Waals surface area contributed by atoms with Crippen LogP contribution in [0.2, 0.25) is 0 Å². The number of hydrogen-bond donors (Lipinski definition) is 1. The maximum atomic E-state index is 5.25. The van der Waals surface area contributed by atoms with Gasteiger partial charge in [-0.2, -0.15) is 4.98 Å². The normalized spacial score (nSPS) is 14.1. The summed E-state index contributed by atoms with van der Waals surface area (Å²) in [5.74, 6) is 2.20. The highest BCUT2D eigenvalue weighted by Crippen LogP contribution is 2.27. The first-order valence-electron chi connectivity index (χ1n) is 6.97. The molecular weight excluding hydrogens is 274 g/mol. The predicted molar refractivity (Wildman–Crippen MR) is 80.8 cm³/mol. The largest absolute Gasteiger partial charge is 0.338 e. The Labute approximate surface area is 125 Å². The Morgan fingerprint density at radius 3 is 2.65 bits per heavy atom. The number of aryl methyl sites for hydroxylation is 1. The van der Waals surface area contributed by atoms with Gasteiger partial charge in [-0.25, -0.2) is 0 Å². The van der Waals surface area contributed by atoms with E-state index in [1.807, 2.05) is 12.1 Å². The van der Waals surface area contributed by atoms with Crippen molar-refractivity contribution in [3.8, 4) is 11.4 Å². The van der Waals surface area contributed by atoms with E-state index in [9.17, 15) is 0 Å². The van der Waals surface area contributed by atoms with Crippen molar-refractivity contribution in [3.05, 3.63) is 35.7 Å². The summed E-state index contributed by atoms with van der Waals surface area (Å²) in [4.78, 5) is 4.41. The van der Waals surface area contributed by atoms with Crippen LogP contribution >= 0.6 is 12.4 Å². The van der Waals surface area contributed by atoms with Crippen LogP contribution in [-0.2, 0) is 13.0 Å². The highest BCUT2D eigenvalue weighted by Gasteiger charge is 2.20. The Hall–Kier alpha value is -1.39. The first-order chi connectivity index (χ1) is 9.35. The molecule has 0 aliphatic heterocycles. The second-order valence-electron chi connectivity index (χ2n) is 5.14. The van der Waals surface area contributed by atoms with Crippen molar-refractivity contribution in [1.82, 2.24) is 15.5 Å². The van der Waals surface area contributed by atoms with Gasteiger partial charge in [0.25, 0.3) is 0 Å². The van der Waals surface area contributed by atoms with Crippen LogP contribution in [0.15, 0.2) is 28.8 Å². The smallest absolute Gasteiger partial charge is 0.240 e. The molecule has 0 bridgehead atoms. The lowest BCUT2D eigenvalue weighted by molar-refractivity contribution is 0.367. The molecule has 0 amide bonds. The van der Waals surface area contributed by atoms with Gasteiger partial charge < -0.3 is 9.84 Å². The van der Waals surface area contributed by atoms with Crippen LogP contribution in [0.4, 0.5) is 0 Å². The van der Waals surface area contributed by atoms with E-state index < -0.39 is 0 Å². The number of halogens is 1. The lowest BCUT2D eigenvalue weighted by Gasteiger charge is -1.98. The van der Waals surface area contributed by atoms with Crippen molar-refractivity contribution in [3.63, 3.8) is 0 Å². The van der Waals surface area contributed by atoms with E-state index in [0.717, 1.165) is 24.4 Å². The molecule has 1 saturated carbocycles. The van der Waals surface area contributed by atoms with Crippen molar-refractivity contribution in [2.75, 3.05) is 6.54 Å². The molecule has 1 N–H and O–H groups in total. The van der Waals surface area contributed by atoms with E-state index >= 15 is 0 Å². The minimum absolute atomic E-state index is 0. The van der Waals surface area contributed by atoms with Gasteiger partial charge in [-0.05, 0) is 37.3 Å². The number of aromatic nitrogens is 2. The van der Waals surface area contributed by atoms with Crippen molar-refractivity contribution in [1.29, 1.82) is 0 Å². The van der Waals surface area contributed by atoms with Crippen molar-refractivity contribution in [2.45, 2.75) is 32.7 Å². The molecule has 0 atom stereocenters. The van der Waals surface area contributed by atoms with E-state index in [1.165, 1.54) is 18.4 Å². The fraction of sp³-hybridized carbons (Fsp3) is 0.467. The minimum Gasteiger partial charge on any atom is -0.338 e. The topological polar surface area (TPSA) is 51.0 Å². The molecule has 1 aromatic heterocycles. The van der Waals surface area contributed by atoms with Gasteiger partial charge >= 0.3 is 0 Å². The Kier molecular flexibility index (Phi) is 5.15. The fourth-order valence-corrected chi connectivity index (χ4v) is 2.04. The molecule has 1 aliphatic carbocycles. The van der Waals surface area contributed by atoms with Crippen molar-refractivity contribution < 1.29 is 4.52 Å². The van der Waals surface area contributed by atoms with E-state index in [0.29, 0.717) is 18.3 Å². The Balaban J connectivity index is 0.00000147. The third-order valence-corrected chi connectivity index (χ3v) is 3.49. The number of hydrogen-bond acceptors (Lipinski definition) is 4. The zero-order valence-corrected chi connectivity index (χ0v) is 12.4. The van der Waals surface area contributed by atoms with Crippen LogP contribution in [0.5, 0.6) is 0 Å². The molecule has 2 aromatic rings. The molecule has 5 heteroatoms. The summed E-state index contributed by atoms with van der Waals surface area (Å²) in [6.45, 7) is 3.87. The third kappa shape index (κ3) is 3.81. The standard InChI is InChI=1S/C15H19N3O.ClH/c1-2-11-5-7-13(8-6-11)15-17-14(19-18-15)10-16-9-12-3-4-12;/h5-8,12,16H,2-4,9-10H2,1H3;1H. The molecule has 108 valence electrons. The molecular formula is C15H20ClN3O. The maximum Gasteiger partial charge on any atom is 0.240 e. The third-order valence-electron chi connectivity index (χ3n) is 3.49. The molecule has 0 radical (unpaired) electrons. The Morgan fingerprint density at radius 2 is 2.00 bits per heavy atom. The summed E-state index contributed by atoms with van der Waals surface area (Å²) in [6.07, 6.45) is 3.75. The highest BCUT2D eigenvalue weighted by atomic mass is 35.5. The molecule has 1 fully saturated rings. The predicted octanol–water partition coefficient (Wildman–Crippen LogP) is 3.22. The number of benzene rings is 1. The molecule has 3 rings (SSSR count). The van der Waals surface area contributed by atoms with Crippen LogP contribution < -0.4 is 5.32 Å². The van der Waals surface area contributed by atoms with E-state index in [2.05, 4.69) is 34.5 Å². The summed E-state index contributed by atoms with van der Waals surface area (Å²) in [5.41, 5.74) is 2.33. The molecule has 0 saturated heterocycles. The average Bonchev–Trinajstić information content (AvgIpc) is 3.15. The van der Waals surface area contributed by atoms with Gasteiger partial charge in [-0.1, -0.05) is 36.3 Å². The molecule has 0 unspecified atom stereocenters. The summed E-state index contributed by atoms with van der Waals surface area (Å²) < 4.78 is 5.25. The highest BCUT2D eigenvalue weighted by molar-refractivity contribution is 5.85. The number of nitrogens with zero attached hydrogens (tertiary/aromatic N) is 2. The summed E-state index contributed by atoms with van der Waals surface area (Å²) >= 11 is 0. The van der Waals surface area contributed by atoms with Gasteiger partial charge in [-0.3, -0.25) is 0 Å². The molecule has 1 aromatic carbocycles. The SMILES string of the molecule is CCc1ccc(-c2noc(CNCC3CC3)n2)cc1.Cl. The quantitative estimate of drug-likeness (QED) is 0.888. The second kappa shape index (κ2) is 6.86. The van der Waals surface area contributed by atoms with Crippen LogP contribution in [0.25, 0.3) is 11.4 Å². The van der Waals surface area contributed by atoms with Crippen LogP contribution in [0.1, 0.15) is 31.2 Å². The summed E-state index contributed by atoms with van der Waals surface area (Å²) in [5, 5.41) is 7.38. The summed E-state index contributed by atoms with van der Waals surface area (Å²) in [7, 11) is 0. The summed E-state index contributed by atoms with van der Waals surface area (Å²) in [6, 6.07) is 8.31. The zero-order valence-electron chi connectivity index (χ0n) is 11.6. The maximum absolute atomic E-state index is 5.25. The van der Waals surface area contributed by atoms with Crippen LogP contribution in [0, 0.1) is 5.92 Å². The Bertz CT molecular complexity index is 534. The zero-order chi connectivity index (χ0) is 13.1. The molecule has 20 heavy (non-hydrogen) atoms. The number of rotatable bonds is 6. The van der Waals surface area contributed by atoms with Gasteiger partial charge in [-0.15, -0.1) is 12.4 Å². The van der Waals surface area contributed by atoms with Gasteiger partial charge in [0.15, 0.2) is 0 Å². The van der Waals surface area contributed by atoms with Crippen molar-refractivity contribution >= 4 is 12.4 Å². The van der Waals surface area contributed by atoms with E-state index in [1.54, 1.807) is 0 Å². The average molecular weight is 294 g/mol. The second-order valence-corrected chi connectivity index (χ2v) is 5.14. The molecule has 4 nitrogen and oxygen atoms in total. The van der Waals surface area contributed by atoms with Gasteiger partial charge in [0.2, 0.25) is 11.7 Å². The monoisotopic (exact) mass is 293 g/mol. The first kappa shape index (κ1) is 15.0. The molecule has 1 aliphatic rings. The van der Waals surface area contributed by atoms with Crippen molar-refractivity contribution in [2.24, 2.45) is 5.92 Å².